The third-order valence-corrected chi connectivity index (χ3v) is 3.02. The normalized spacial score (nSPS) is 10.8. The van der Waals surface area contributed by atoms with E-state index in [2.05, 4.69) is 10.2 Å². The van der Waals surface area contributed by atoms with Crippen LogP contribution in [0.5, 0.6) is 5.75 Å². The zero-order valence-electron chi connectivity index (χ0n) is 11.0. The number of benzene rings is 1. The highest BCUT2D eigenvalue weighted by Crippen LogP contribution is 2.28. The molecule has 6 nitrogen and oxygen atoms in total. The molecule has 0 amide bonds. The Morgan fingerprint density at radius 1 is 1.48 bits per heavy atom. The molecule has 1 aromatic heterocycles. The van der Waals surface area contributed by atoms with Gasteiger partial charge in [0.2, 0.25) is 0 Å². The van der Waals surface area contributed by atoms with Crippen molar-refractivity contribution < 1.29 is 4.74 Å². The summed E-state index contributed by atoms with van der Waals surface area (Å²) in [6.07, 6.45) is 1.55. The second-order valence-electron chi connectivity index (χ2n) is 4.03. The molecule has 1 heterocycles. The van der Waals surface area contributed by atoms with Gasteiger partial charge in [-0.1, -0.05) is 11.6 Å². The van der Waals surface area contributed by atoms with Gasteiger partial charge in [-0.2, -0.15) is 15.6 Å². The Morgan fingerprint density at radius 3 is 2.86 bits per heavy atom. The summed E-state index contributed by atoms with van der Waals surface area (Å²) in [6.45, 7) is 0. The highest BCUT2D eigenvalue weighted by molar-refractivity contribution is 6.30. The molecular weight excluding hydrogens is 290 g/mol. The molecule has 0 aliphatic heterocycles. The lowest BCUT2D eigenvalue weighted by molar-refractivity contribution is 0.414. The van der Waals surface area contributed by atoms with Gasteiger partial charge in [-0.05, 0) is 24.3 Å². The second kappa shape index (κ2) is 6.00. The van der Waals surface area contributed by atoms with Crippen molar-refractivity contribution in [2.24, 2.45) is 0 Å². The van der Waals surface area contributed by atoms with Gasteiger partial charge in [0.05, 0.1) is 18.4 Å². The number of aromatic amines is 1. The summed E-state index contributed by atoms with van der Waals surface area (Å²) in [5.74, 6) is 0.602. The van der Waals surface area contributed by atoms with Crippen molar-refractivity contribution in [3.8, 4) is 17.9 Å². The fourth-order valence-corrected chi connectivity index (χ4v) is 1.98. The number of anilines is 1. The smallest absolute Gasteiger partial charge is 0.163 e. The molecule has 0 saturated heterocycles. The SMILES string of the molecule is COc1ccc(Cl)cc1C=C(C#N)c1[nH]nc(N)c1C#N. The van der Waals surface area contributed by atoms with E-state index in [0.29, 0.717) is 16.3 Å². The van der Waals surface area contributed by atoms with E-state index < -0.39 is 0 Å². The van der Waals surface area contributed by atoms with Crippen LogP contribution in [0.3, 0.4) is 0 Å². The average Bonchev–Trinajstić information content (AvgIpc) is 2.85. The molecule has 0 radical (unpaired) electrons. The first-order chi connectivity index (χ1) is 10.1. The Bertz CT molecular complexity index is 795. The molecule has 2 aromatic rings. The lowest BCUT2D eigenvalue weighted by atomic mass is 10.1. The highest BCUT2D eigenvalue weighted by atomic mass is 35.5. The van der Waals surface area contributed by atoms with Gasteiger partial charge < -0.3 is 10.5 Å². The summed E-state index contributed by atoms with van der Waals surface area (Å²) in [5, 5.41) is 25.2. The van der Waals surface area contributed by atoms with Crippen LogP contribution in [0.1, 0.15) is 16.8 Å². The quantitative estimate of drug-likeness (QED) is 0.846. The molecule has 0 aliphatic rings. The Hall–Kier alpha value is -2.96. The van der Waals surface area contributed by atoms with E-state index >= 15 is 0 Å². The molecule has 0 spiro atoms. The van der Waals surface area contributed by atoms with Gasteiger partial charge in [-0.15, -0.1) is 0 Å². The van der Waals surface area contributed by atoms with Crippen molar-refractivity contribution in [3.63, 3.8) is 0 Å². The Kier molecular flexibility index (Phi) is 4.13. The lowest BCUT2D eigenvalue weighted by Crippen LogP contribution is -1.91. The van der Waals surface area contributed by atoms with E-state index in [1.54, 1.807) is 24.3 Å². The number of hydrogen-bond acceptors (Lipinski definition) is 5. The maximum absolute atomic E-state index is 9.31. The maximum Gasteiger partial charge on any atom is 0.163 e. The minimum Gasteiger partial charge on any atom is -0.496 e. The van der Waals surface area contributed by atoms with E-state index in [0.717, 1.165) is 0 Å². The molecule has 0 atom stereocenters. The number of nitriles is 2. The average molecular weight is 300 g/mol. The van der Waals surface area contributed by atoms with Gasteiger partial charge in [0.15, 0.2) is 5.82 Å². The summed E-state index contributed by atoms with van der Waals surface area (Å²) in [5.41, 5.74) is 6.78. The van der Waals surface area contributed by atoms with Crippen molar-refractivity contribution in [2.75, 3.05) is 12.8 Å². The monoisotopic (exact) mass is 299 g/mol. The standard InChI is InChI=1S/C14H10ClN5O/c1-21-12-3-2-10(15)5-8(12)4-9(6-16)13-11(7-17)14(18)20-19-13/h2-5H,1H3,(H3,18,19,20). The number of nitrogen functional groups attached to an aromatic ring is 1. The molecule has 0 bridgehead atoms. The Labute approximate surface area is 126 Å². The fourth-order valence-electron chi connectivity index (χ4n) is 1.80. The van der Waals surface area contributed by atoms with Crippen LogP contribution in [0.2, 0.25) is 5.02 Å². The third-order valence-electron chi connectivity index (χ3n) is 2.79. The molecular formula is C14H10ClN5O. The molecule has 1 aromatic carbocycles. The first-order valence-corrected chi connectivity index (χ1v) is 6.18. The van der Waals surface area contributed by atoms with Crippen LogP contribution in [0, 0.1) is 22.7 Å². The number of H-pyrrole nitrogens is 1. The number of nitrogens with two attached hydrogens (primary N) is 1. The number of aromatic nitrogens is 2. The van der Waals surface area contributed by atoms with E-state index in [1.807, 2.05) is 12.1 Å². The van der Waals surface area contributed by atoms with Gasteiger partial charge in [-0.3, -0.25) is 5.10 Å². The van der Waals surface area contributed by atoms with Crippen LogP contribution < -0.4 is 10.5 Å². The van der Waals surface area contributed by atoms with Gasteiger partial charge in [0.25, 0.3) is 0 Å². The van der Waals surface area contributed by atoms with Gasteiger partial charge in [0.1, 0.15) is 23.5 Å². The van der Waals surface area contributed by atoms with Crippen LogP contribution in [0.25, 0.3) is 11.6 Å². The van der Waals surface area contributed by atoms with Gasteiger partial charge >= 0.3 is 0 Å². The second-order valence-corrected chi connectivity index (χ2v) is 4.46. The van der Waals surface area contributed by atoms with Crippen molar-refractivity contribution in [1.29, 1.82) is 10.5 Å². The van der Waals surface area contributed by atoms with Crippen LogP contribution in [0.4, 0.5) is 5.82 Å². The molecule has 7 heteroatoms. The molecule has 0 aliphatic carbocycles. The molecule has 104 valence electrons. The van der Waals surface area contributed by atoms with Crippen molar-refractivity contribution in [3.05, 3.63) is 40.0 Å². The number of nitrogens with one attached hydrogen (secondary N) is 1. The minimum atomic E-state index is 0.0479. The van der Waals surface area contributed by atoms with Crippen molar-refractivity contribution >= 4 is 29.1 Å². The Balaban J connectivity index is 2.60. The predicted octanol–water partition coefficient (Wildman–Crippen LogP) is 2.59. The molecule has 21 heavy (non-hydrogen) atoms. The number of allylic oxidation sites excluding steroid dienone is 1. The van der Waals surface area contributed by atoms with Crippen molar-refractivity contribution in [1.82, 2.24) is 10.2 Å². The third kappa shape index (κ3) is 2.81. The van der Waals surface area contributed by atoms with E-state index in [4.69, 9.17) is 27.3 Å². The van der Waals surface area contributed by atoms with E-state index in [9.17, 15) is 5.26 Å². The summed E-state index contributed by atoms with van der Waals surface area (Å²) in [4.78, 5) is 0. The summed E-state index contributed by atoms with van der Waals surface area (Å²) in [6, 6.07) is 8.95. The first-order valence-electron chi connectivity index (χ1n) is 5.80. The number of rotatable bonds is 3. The van der Waals surface area contributed by atoms with Crippen LogP contribution in [-0.4, -0.2) is 17.3 Å². The van der Waals surface area contributed by atoms with Crippen LogP contribution >= 0.6 is 11.6 Å². The minimum absolute atomic E-state index is 0.0479. The lowest BCUT2D eigenvalue weighted by Gasteiger charge is -2.05. The number of hydrogen-bond donors (Lipinski definition) is 2. The maximum atomic E-state index is 9.31. The van der Waals surface area contributed by atoms with Gasteiger partial charge in [-0.25, -0.2) is 0 Å². The summed E-state index contributed by atoms with van der Waals surface area (Å²) >= 11 is 5.95. The molecule has 0 saturated carbocycles. The molecule has 0 fully saturated rings. The highest BCUT2D eigenvalue weighted by Gasteiger charge is 2.15. The molecule has 0 unspecified atom stereocenters. The van der Waals surface area contributed by atoms with Crippen molar-refractivity contribution in [2.45, 2.75) is 0 Å². The summed E-state index contributed by atoms with van der Waals surface area (Å²) in [7, 11) is 1.52. The predicted molar refractivity (Wildman–Crippen MR) is 79.2 cm³/mol. The number of halogens is 1. The Morgan fingerprint density at radius 2 is 2.24 bits per heavy atom. The number of methoxy groups -OCH3 is 1. The zero-order chi connectivity index (χ0) is 15.4. The van der Waals surface area contributed by atoms with Crippen LogP contribution in [-0.2, 0) is 0 Å². The number of ether oxygens (including phenoxy) is 1. The fraction of sp³-hybridized carbons (Fsp3) is 0.0714. The van der Waals surface area contributed by atoms with E-state index in [1.165, 1.54) is 7.11 Å². The molecule has 2 rings (SSSR count). The largest absolute Gasteiger partial charge is 0.496 e. The molecule has 3 N–H and O–H groups in total. The zero-order valence-corrected chi connectivity index (χ0v) is 11.8. The first kappa shape index (κ1) is 14.4. The van der Waals surface area contributed by atoms with Gasteiger partial charge in [0, 0.05) is 10.6 Å². The number of nitrogens with zero attached hydrogens (tertiary/aromatic N) is 3. The van der Waals surface area contributed by atoms with E-state index in [-0.39, 0.29) is 22.6 Å². The topological polar surface area (TPSA) is 112 Å². The van der Waals surface area contributed by atoms with Crippen LogP contribution in [0.15, 0.2) is 18.2 Å². The summed E-state index contributed by atoms with van der Waals surface area (Å²) < 4.78 is 5.22.